The van der Waals surface area contributed by atoms with Crippen LogP contribution in [0.2, 0.25) is 0 Å². The van der Waals surface area contributed by atoms with Gasteiger partial charge in [-0.1, -0.05) is 22.4 Å². The topological polar surface area (TPSA) is 29.3 Å². The average Bonchev–Trinajstić information content (AvgIpc) is 2.83. The smallest absolute Gasteiger partial charge is 0.193 e. The van der Waals surface area contributed by atoms with Crippen LogP contribution in [0.15, 0.2) is 17.8 Å². The fraction of sp³-hybridized carbons (Fsp3) is 0.545. The third kappa shape index (κ3) is 3.30. The second-order valence-corrected chi connectivity index (χ2v) is 5.42. The highest BCUT2D eigenvalue weighted by Crippen LogP contribution is 2.10. The minimum Gasteiger partial charge on any atom is -0.311 e. The molecule has 1 N–H and O–H groups in total. The number of thiazole rings is 1. The Morgan fingerprint density at radius 3 is 3.12 bits per heavy atom. The molecule has 2 heterocycles. The Morgan fingerprint density at radius 2 is 2.31 bits per heavy atom. The summed E-state index contributed by atoms with van der Waals surface area (Å²) in [7, 11) is 0. The summed E-state index contributed by atoms with van der Waals surface area (Å²) >= 11 is 5.12. The minimum absolute atomic E-state index is 0.878. The maximum Gasteiger partial charge on any atom is 0.193 e. The van der Waals surface area contributed by atoms with Gasteiger partial charge in [-0.15, -0.1) is 11.3 Å². The SMILES string of the molecule is BrCCCCCNCc1cn2ccsc2n1. The molecule has 0 bridgehead atoms. The number of hydrogen-bond acceptors (Lipinski definition) is 3. The summed E-state index contributed by atoms with van der Waals surface area (Å²) < 4.78 is 2.08. The van der Waals surface area contributed by atoms with E-state index in [1.54, 1.807) is 11.3 Å². The van der Waals surface area contributed by atoms with Crippen LogP contribution in [0.1, 0.15) is 25.0 Å². The summed E-state index contributed by atoms with van der Waals surface area (Å²) in [6.45, 7) is 1.96. The molecule has 0 fully saturated rings. The Morgan fingerprint density at radius 1 is 1.38 bits per heavy atom. The van der Waals surface area contributed by atoms with E-state index in [9.17, 15) is 0 Å². The average molecular weight is 302 g/mol. The molecular weight excluding hydrogens is 286 g/mol. The molecule has 0 radical (unpaired) electrons. The van der Waals surface area contributed by atoms with Crippen LogP contribution in [0.3, 0.4) is 0 Å². The van der Waals surface area contributed by atoms with Crippen molar-refractivity contribution in [2.24, 2.45) is 0 Å². The van der Waals surface area contributed by atoms with Crippen LogP contribution in [0, 0.1) is 0 Å². The highest BCUT2D eigenvalue weighted by atomic mass is 79.9. The highest BCUT2D eigenvalue weighted by molar-refractivity contribution is 9.09. The quantitative estimate of drug-likeness (QED) is 0.629. The van der Waals surface area contributed by atoms with Crippen molar-refractivity contribution in [1.29, 1.82) is 0 Å². The van der Waals surface area contributed by atoms with Gasteiger partial charge in [0.2, 0.25) is 0 Å². The van der Waals surface area contributed by atoms with Crippen molar-refractivity contribution in [2.75, 3.05) is 11.9 Å². The van der Waals surface area contributed by atoms with Gasteiger partial charge in [-0.05, 0) is 19.4 Å². The number of aromatic nitrogens is 2. The van der Waals surface area contributed by atoms with Crippen molar-refractivity contribution in [3.05, 3.63) is 23.5 Å². The molecule has 0 aliphatic heterocycles. The summed E-state index contributed by atoms with van der Waals surface area (Å²) in [5.74, 6) is 0. The van der Waals surface area contributed by atoms with Gasteiger partial charge in [-0.3, -0.25) is 4.40 Å². The van der Waals surface area contributed by atoms with Crippen LogP contribution in [-0.2, 0) is 6.54 Å². The van der Waals surface area contributed by atoms with Gasteiger partial charge in [0.15, 0.2) is 4.96 Å². The molecule has 0 amide bonds. The maximum atomic E-state index is 4.52. The number of halogens is 1. The Hall–Kier alpha value is -0.390. The van der Waals surface area contributed by atoms with Crippen LogP contribution in [-0.4, -0.2) is 21.3 Å². The number of alkyl halides is 1. The Bertz CT molecular complexity index is 395. The standard InChI is InChI=1S/C11H16BrN3S/c12-4-2-1-3-5-13-8-10-9-15-6-7-16-11(15)14-10/h6-7,9,13H,1-5,8H2. The van der Waals surface area contributed by atoms with Gasteiger partial charge in [0.1, 0.15) is 0 Å². The molecular formula is C11H16BrN3S. The predicted octanol–water partition coefficient (Wildman–Crippen LogP) is 3.05. The lowest BCUT2D eigenvalue weighted by molar-refractivity contribution is 0.614. The number of nitrogens with zero attached hydrogens (tertiary/aromatic N) is 2. The first kappa shape index (κ1) is 12.1. The summed E-state index contributed by atoms with van der Waals surface area (Å²) in [6, 6.07) is 0. The van der Waals surface area contributed by atoms with Crippen LogP contribution in [0.5, 0.6) is 0 Å². The lowest BCUT2D eigenvalue weighted by atomic mass is 10.2. The van der Waals surface area contributed by atoms with E-state index in [0.717, 1.165) is 29.1 Å². The van der Waals surface area contributed by atoms with Crippen molar-refractivity contribution in [1.82, 2.24) is 14.7 Å². The normalized spacial score (nSPS) is 11.3. The monoisotopic (exact) mass is 301 g/mol. The first-order valence-electron chi connectivity index (χ1n) is 5.58. The lowest BCUT2D eigenvalue weighted by Crippen LogP contribution is -2.14. The molecule has 0 saturated heterocycles. The van der Waals surface area contributed by atoms with E-state index >= 15 is 0 Å². The lowest BCUT2D eigenvalue weighted by Gasteiger charge is -2.01. The fourth-order valence-electron chi connectivity index (χ4n) is 1.60. The second kappa shape index (κ2) is 6.37. The van der Waals surface area contributed by atoms with Crippen LogP contribution < -0.4 is 5.32 Å². The van der Waals surface area contributed by atoms with Crippen LogP contribution >= 0.6 is 27.3 Å². The first-order valence-corrected chi connectivity index (χ1v) is 7.58. The zero-order chi connectivity index (χ0) is 11.2. The minimum atomic E-state index is 0.878. The van der Waals surface area contributed by atoms with Crippen molar-refractivity contribution >= 4 is 32.2 Å². The first-order chi connectivity index (χ1) is 7.90. The van der Waals surface area contributed by atoms with Crippen molar-refractivity contribution in [3.8, 4) is 0 Å². The van der Waals surface area contributed by atoms with Gasteiger partial charge < -0.3 is 5.32 Å². The van der Waals surface area contributed by atoms with E-state index in [0.29, 0.717) is 0 Å². The van der Waals surface area contributed by atoms with Gasteiger partial charge in [0, 0.05) is 29.6 Å². The molecule has 0 saturated carbocycles. The van der Waals surface area contributed by atoms with E-state index in [1.807, 2.05) is 6.20 Å². The third-order valence-corrected chi connectivity index (χ3v) is 3.77. The molecule has 16 heavy (non-hydrogen) atoms. The molecule has 0 spiro atoms. The molecule has 0 unspecified atom stereocenters. The summed E-state index contributed by atoms with van der Waals surface area (Å²) in [4.78, 5) is 5.60. The molecule has 0 aliphatic rings. The molecule has 2 aromatic rings. The molecule has 2 rings (SSSR count). The van der Waals surface area contributed by atoms with E-state index in [-0.39, 0.29) is 0 Å². The number of hydrogen-bond donors (Lipinski definition) is 1. The number of rotatable bonds is 7. The molecule has 0 aliphatic carbocycles. The predicted molar refractivity (Wildman–Crippen MR) is 72.4 cm³/mol. The number of imidazole rings is 1. The molecule has 3 nitrogen and oxygen atoms in total. The Balaban J connectivity index is 1.68. The maximum absolute atomic E-state index is 4.52. The van der Waals surface area contributed by atoms with Gasteiger partial charge in [-0.25, -0.2) is 4.98 Å². The van der Waals surface area contributed by atoms with E-state index in [4.69, 9.17) is 0 Å². The molecule has 88 valence electrons. The molecule has 0 atom stereocenters. The van der Waals surface area contributed by atoms with Crippen molar-refractivity contribution in [2.45, 2.75) is 25.8 Å². The molecule has 2 aromatic heterocycles. The Kier molecular flexibility index (Phi) is 4.81. The van der Waals surface area contributed by atoms with Gasteiger partial charge in [0.05, 0.1) is 5.69 Å². The fourth-order valence-corrected chi connectivity index (χ4v) is 2.71. The third-order valence-electron chi connectivity index (χ3n) is 2.44. The molecule has 0 aromatic carbocycles. The van der Waals surface area contributed by atoms with Crippen molar-refractivity contribution in [3.63, 3.8) is 0 Å². The summed E-state index contributed by atoms with van der Waals surface area (Å²) in [6.07, 6.45) is 7.94. The molecule has 5 heteroatoms. The number of unbranched alkanes of at least 4 members (excludes halogenated alkanes) is 2. The summed E-state index contributed by atoms with van der Waals surface area (Å²) in [5.41, 5.74) is 1.13. The highest BCUT2D eigenvalue weighted by Gasteiger charge is 2.01. The van der Waals surface area contributed by atoms with Gasteiger partial charge in [0.25, 0.3) is 0 Å². The number of nitrogens with one attached hydrogen (secondary N) is 1. The number of fused-ring (bicyclic) bond motifs is 1. The van der Waals surface area contributed by atoms with E-state index in [1.165, 1.54) is 19.3 Å². The van der Waals surface area contributed by atoms with Crippen LogP contribution in [0.25, 0.3) is 4.96 Å². The Labute approximate surface area is 108 Å². The van der Waals surface area contributed by atoms with E-state index < -0.39 is 0 Å². The van der Waals surface area contributed by atoms with Crippen molar-refractivity contribution < 1.29 is 0 Å². The summed E-state index contributed by atoms with van der Waals surface area (Å²) in [5, 5.41) is 6.60. The van der Waals surface area contributed by atoms with Gasteiger partial charge in [-0.2, -0.15) is 0 Å². The van der Waals surface area contributed by atoms with E-state index in [2.05, 4.69) is 42.2 Å². The second-order valence-electron chi connectivity index (χ2n) is 3.75. The van der Waals surface area contributed by atoms with Crippen LogP contribution in [0.4, 0.5) is 0 Å². The zero-order valence-electron chi connectivity index (χ0n) is 9.16. The zero-order valence-corrected chi connectivity index (χ0v) is 11.6. The van der Waals surface area contributed by atoms with Gasteiger partial charge >= 0.3 is 0 Å². The largest absolute Gasteiger partial charge is 0.311 e.